The van der Waals surface area contributed by atoms with Crippen LogP contribution in [0, 0.1) is 0 Å². The van der Waals surface area contributed by atoms with Crippen molar-refractivity contribution in [2.24, 2.45) is 5.14 Å². The molecule has 0 saturated heterocycles. The van der Waals surface area contributed by atoms with E-state index in [0.29, 0.717) is 17.3 Å². The zero-order valence-electron chi connectivity index (χ0n) is 14.2. The van der Waals surface area contributed by atoms with Gasteiger partial charge in [-0.2, -0.15) is 0 Å². The molecule has 1 aromatic carbocycles. The maximum Gasteiger partial charge on any atom is 0.238 e. The second-order valence-electron chi connectivity index (χ2n) is 5.64. The molecule has 11 heteroatoms. The van der Waals surface area contributed by atoms with Crippen LogP contribution >= 0.6 is 23.1 Å². The summed E-state index contributed by atoms with van der Waals surface area (Å²) in [4.78, 5) is 17.9. The molecule has 2 heterocycles. The number of anilines is 1. The number of nitrogens with zero attached hydrogens (tertiary/aromatic N) is 2. The molecule has 0 aliphatic heterocycles. The number of thioether (sulfide) groups is 1. The van der Waals surface area contributed by atoms with Crippen LogP contribution in [0.25, 0.3) is 0 Å². The normalized spacial score (nSPS) is 12.7. The summed E-state index contributed by atoms with van der Waals surface area (Å²) in [5.41, 5.74) is 0.480. The molecular formula is C16H17N5O3S3. The second kappa shape index (κ2) is 8.21. The number of rotatable bonds is 7. The first kappa shape index (κ1) is 19.5. The number of sulfonamides is 1. The fourth-order valence-corrected chi connectivity index (χ4v) is 4.14. The highest BCUT2D eigenvalue weighted by Crippen LogP contribution is 2.22. The van der Waals surface area contributed by atoms with Crippen LogP contribution in [0.5, 0.6) is 0 Å². The highest BCUT2D eigenvalue weighted by atomic mass is 32.2. The van der Waals surface area contributed by atoms with E-state index in [-0.39, 0.29) is 10.8 Å². The molecular weight excluding hydrogens is 406 g/mol. The van der Waals surface area contributed by atoms with Crippen molar-refractivity contribution in [1.82, 2.24) is 15.2 Å². The summed E-state index contributed by atoms with van der Waals surface area (Å²) in [6.45, 7) is 1.74. The van der Waals surface area contributed by atoms with Gasteiger partial charge in [-0.25, -0.2) is 18.5 Å². The minimum absolute atomic E-state index is 0.0121. The molecule has 4 N–H and O–H groups in total. The zero-order chi connectivity index (χ0) is 19.4. The van der Waals surface area contributed by atoms with Crippen LogP contribution in [-0.4, -0.2) is 34.8 Å². The minimum Gasteiger partial charge on any atom is -0.325 e. The average molecular weight is 424 g/mol. The van der Waals surface area contributed by atoms with Crippen molar-refractivity contribution < 1.29 is 13.2 Å². The number of nitrogens with two attached hydrogens (primary N) is 1. The number of primary sulfonamides is 1. The van der Waals surface area contributed by atoms with Crippen molar-refractivity contribution in [2.75, 3.05) is 5.32 Å². The Labute approximate surface area is 164 Å². The van der Waals surface area contributed by atoms with Gasteiger partial charge in [0.2, 0.25) is 21.1 Å². The van der Waals surface area contributed by atoms with Crippen molar-refractivity contribution in [3.05, 3.63) is 52.5 Å². The van der Waals surface area contributed by atoms with Gasteiger partial charge in [-0.15, -0.1) is 16.4 Å². The first-order valence-corrected chi connectivity index (χ1v) is 11.2. The Bertz CT molecular complexity index is 1010. The zero-order valence-corrected chi connectivity index (χ0v) is 16.7. The Balaban J connectivity index is 1.57. The molecule has 1 unspecified atom stereocenters. The summed E-state index contributed by atoms with van der Waals surface area (Å²) in [5, 5.41) is 16.9. The number of carbonyl (C=O) groups is 1. The van der Waals surface area contributed by atoms with Gasteiger partial charge in [0, 0.05) is 17.0 Å². The van der Waals surface area contributed by atoms with Crippen molar-refractivity contribution in [2.45, 2.75) is 28.6 Å². The molecule has 2 aromatic heterocycles. The molecule has 0 bridgehead atoms. The van der Waals surface area contributed by atoms with Gasteiger partial charge in [-0.05, 0) is 42.6 Å². The maximum absolute atomic E-state index is 12.3. The topological polar surface area (TPSA) is 131 Å². The number of thiophene rings is 1. The largest absolute Gasteiger partial charge is 0.325 e. The third-order valence-electron chi connectivity index (χ3n) is 3.53. The van der Waals surface area contributed by atoms with E-state index in [9.17, 15) is 13.2 Å². The molecule has 0 spiro atoms. The van der Waals surface area contributed by atoms with Crippen LogP contribution in [0.3, 0.4) is 0 Å². The van der Waals surface area contributed by atoms with Gasteiger partial charge in [0.15, 0.2) is 0 Å². The van der Waals surface area contributed by atoms with E-state index >= 15 is 0 Å². The molecule has 0 aliphatic rings. The van der Waals surface area contributed by atoms with E-state index in [1.807, 2.05) is 17.5 Å². The molecule has 0 saturated carbocycles. The van der Waals surface area contributed by atoms with Crippen molar-refractivity contribution in [3.8, 4) is 0 Å². The van der Waals surface area contributed by atoms with E-state index in [0.717, 1.165) is 5.82 Å². The number of H-pyrrole nitrogens is 1. The van der Waals surface area contributed by atoms with E-state index in [1.54, 1.807) is 18.3 Å². The SMILES string of the molecule is CC(Sc1n[nH]c(Cc2cccs2)n1)C(=O)Nc1ccc(S(N)(=O)=O)cc1. The Kier molecular flexibility index (Phi) is 5.95. The molecule has 27 heavy (non-hydrogen) atoms. The van der Waals surface area contributed by atoms with Crippen LogP contribution < -0.4 is 10.5 Å². The lowest BCUT2D eigenvalue weighted by molar-refractivity contribution is -0.115. The highest BCUT2D eigenvalue weighted by Gasteiger charge is 2.18. The van der Waals surface area contributed by atoms with Crippen LogP contribution in [0.15, 0.2) is 51.8 Å². The lowest BCUT2D eigenvalue weighted by Crippen LogP contribution is -2.22. The standard InChI is InChI=1S/C16H17N5O3S3/c1-10(15(22)18-11-4-6-13(7-5-11)27(17,23)24)26-16-19-14(20-21-16)9-12-3-2-8-25-12/h2-8,10H,9H2,1H3,(H,18,22)(H2,17,23,24)(H,19,20,21). The van der Waals surface area contributed by atoms with Gasteiger partial charge in [0.05, 0.1) is 10.1 Å². The third kappa shape index (κ3) is 5.39. The highest BCUT2D eigenvalue weighted by molar-refractivity contribution is 8.00. The van der Waals surface area contributed by atoms with Gasteiger partial charge in [-0.3, -0.25) is 9.89 Å². The smallest absolute Gasteiger partial charge is 0.238 e. The Morgan fingerprint density at radius 3 is 2.70 bits per heavy atom. The maximum atomic E-state index is 12.3. The van der Waals surface area contributed by atoms with Crippen molar-refractivity contribution in [3.63, 3.8) is 0 Å². The molecule has 1 amide bonds. The van der Waals surface area contributed by atoms with E-state index < -0.39 is 15.3 Å². The molecule has 0 fully saturated rings. The van der Waals surface area contributed by atoms with Crippen molar-refractivity contribution in [1.29, 1.82) is 0 Å². The van der Waals surface area contributed by atoms with Crippen LogP contribution in [-0.2, 0) is 21.2 Å². The summed E-state index contributed by atoms with van der Waals surface area (Å²) in [6.07, 6.45) is 0.669. The molecule has 0 aliphatic carbocycles. The number of aromatic nitrogens is 3. The first-order chi connectivity index (χ1) is 12.8. The molecule has 142 valence electrons. The van der Waals surface area contributed by atoms with Gasteiger partial charge in [0.1, 0.15) is 5.82 Å². The Morgan fingerprint density at radius 2 is 2.07 bits per heavy atom. The number of amides is 1. The van der Waals surface area contributed by atoms with E-state index in [4.69, 9.17) is 5.14 Å². The van der Waals surface area contributed by atoms with Crippen molar-refractivity contribution >= 4 is 44.7 Å². The summed E-state index contributed by atoms with van der Waals surface area (Å²) in [6, 6.07) is 9.66. The lowest BCUT2D eigenvalue weighted by Gasteiger charge is -2.10. The number of nitrogens with one attached hydrogen (secondary N) is 2. The third-order valence-corrected chi connectivity index (χ3v) is 6.30. The summed E-state index contributed by atoms with van der Waals surface area (Å²) in [5.74, 6) is 0.499. The van der Waals surface area contributed by atoms with Gasteiger partial charge >= 0.3 is 0 Å². The number of hydrogen-bond donors (Lipinski definition) is 3. The molecule has 3 aromatic rings. The summed E-state index contributed by atoms with van der Waals surface area (Å²) < 4.78 is 22.5. The number of benzene rings is 1. The minimum atomic E-state index is -3.76. The van der Waals surface area contributed by atoms with Crippen LogP contribution in [0.4, 0.5) is 5.69 Å². The predicted octanol–water partition coefficient (Wildman–Crippen LogP) is 2.22. The Hall–Kier alpha value is -2.21. The monoisotopic (exact) mass is 423 g/mol. The van der Waals surface area contributed by atoms with Crippen LogP contribution in [0.1, 0.15) is 17.6 Å². The number of carbonyl (C=O) groups excluding carboxylic acids is 1. The average Bonchev–Trinajstić information content (AvgIpc) is 3.27. The molecule has 8 nitrogen and oxygen atoms in total. The van der Waals surface area contributed by atoms with Gasteiger partial charge in [-0.1, -0.05) is 17.8 Å². The summed E-state index contributed by atoms with van der Waals surface area (Å²) >= 11 is 2.88. The molecule has 0 radical (unpaired) electrons. The van der Waals surface area contributed by atoms with Crippen LogP contribution in [0.2, 0.25) is 0 Å². The van der Waals surface area contributed by atoms with Gasteiger partial charge in [0.25, 0.3) is 0 Å². The number of hydrogen-bond acceptors (Lipinski definition) is 7. The summed E-state index contributed by atoms with van der Waals surface area (Å²) in [7, 11) is -3.76. The fourth-order valence-electron chi connectivity index (χ4n) is 2.17. The first-order valence-electron chi connectivity index (χ1n) is 7.85. The fraction of sp³-hybridized carbons (Fsp3) is 0.188. The number of aromatic amines is 1. The van der Waals surface area contributed by atoms with E-state index in [2.05, 4.69) is 20.5 Å². The molecule has 3 rings (SSSR count). The quantitative estimate of drug-likeness (QED) is 0.500. The van der Waals surface area contributed by atoms with Gasteiger partial charge < -0.3 is 5.32 Å². The van der Waals surface area contributed by atoms with E-state index in [1.165, 1.54) is 40.9 Å². The lowest BCUT2D eigenvalue weighted by atomic mass is 10.3. The second-order valence-corrected chi connectivity index (χ2v) is 9.54. The molecule has 1 atom stereocenters. The predicted molar refractivity (Wildman–Crippen MR) is 105 cm³/mol. The Morgan fingerprint density at radius 1 is 1.33 bits per heavy atom.